The zero-order valence-corrected chi connectivity index (χ0v) is 12.0. The number of nitro benzene ring substituents is 1. The third-order valence-corrected chi connectivity index (χ3v) is 2.78. The lowest BCUT2D eigenvalue weighted by Crippen LogP contribution is -2.12. The Kier molecular flexibility index (Phi) is 5.83. The molecule has 6 nitrogen and oxygen atoms in total. The molecule has 0 atom stereocenters. The summed E-state index contributed by atoms with van der Waals surface area (Å²) in [4.78, 5) is 21.5. The van der Waals surface area contributed by atoms with E-state index in [2.05, 4.69) is 5.32 Å². The predicted molar refractivity (Wildman–Crippen MR) is 75.6 cm³/mol. The van der Waals surface area contributed by atoms with E-state index in [-0.39, 0.29) is 18.1 Å². The first-order chi connectivity index (χ1) is 8.54. The molecule has 0 aliphatic rings. The fourth-order valence-electron chi connectivity index (χ4n) is 1.34. The molecule has 1 N–H and O–H groups in total. The number of nitrogens with one attached hydrogen (secondary N) is 1. The molecule has 0 aliphatic carbocycles. The largest absolute Gasteiger partial charge is 0.466 e. The molecule has 1 aromatic carbocycles. The first-order valence-electron chi connectivity index (χ1n) is 5.38. The SMILES string of the molecule is CCOC(=O)CCNc1ccc(I)cc1[N+](=O)[O-]. The third kappa shape index (κ3) is 4.47. The second-order valence-corrected chi connectivity index (χ2v) is 4.65. The molecule has 0 aromatic heterocycles. The summed E-state index contributed by atoms with van der Waals surface area (Å²) in [5.41, 5.74) is 0.412. The fraction of sp³-hybridized carbons (Fsp3) is 0.364. The Bertz CT molecular complexity index is 451. The van der Waals surface area contributed by atoms with Crippen LogP contribution in [0.15, 0.2) is 18.2 Å². The van der Waals surface area contributed by atoms with Gasteiger partial charge in [0, 0.05) is 16.2 Å². The van der Waals surface area contributed by atoms with E-state index in [9.17, 15) is 14.9 Å². The standard InChI is InChI=1S/C11H13IN2O4/c1-2-18-11(15)5-6-13-9-4-3-8(12)7-10(9)14(16)17/h3-4,7,13H,2,5-6H2,1H3. The normalized spacial score (nSPS) is 9.89. The number of nitro groups is 1. The summed E-state index contributed by atoms with van der Waals surface area (Å²) in [6, 6.07) is 4.87. The van der Waals surface area contributed by atoms with Gasteiger partial charge < -0.3 is 10.1 Å². The zero-order chi connectivity index (χ0) is 13.5. The maximum absolute atomic E-state index is 11.1. The number of halogens is 1. The van der Waals surface area contributed by atoms with Gasteiger partial charge >= 0.3 is 5.97 Å². The van der Waals surface area contributed by atoms with Crippen LogP contribution >= 0.6 is 22.6 Å². The van der Waals surface area contributed by atoms with Crippen molar-refractivity contribution in [1.29, 1.82) is 0 Å². The number of nitrogens with zero attached hydrogens (tertiary/aromatic N) is 1. The molecule has 0 bridgehead atoms. The van der Waals surface area contributed by atoms with Crippen LogP contribution in [0.2, 0.25) is 0 Å². The van der Waals surface area contributed by atoms with E-state index >= 15 is 0 Å². The fourth-order valence-corrected chi connectivity index (χ4v) is 1.81. The molecule has 1 aromatic rings. The van der Waals surface area contributed by atoms with E-state index in [0.29, 0.717) is 18.8 Å². The highest BCUT2D eigenvalue weighted by atomic mass is 127. The van der Waals surface area contributed by atoms with Gasteiger partial charge in [-0.05, 0) is 41.6 Å². The van der Waals surface area contributed by atoms with E-state index in [1.165, 1.54) is 6.07 Å². The molecule has 98 valence electrons. The molecule has 0 aliphatic heterocycles. The molecule has 0 amide bonds. The average molecular weight is 364 g/mol. The molecule has 0 unspecified atom stereocenters. The molecule has 0 saturated carbocycles. The summed E-state index contributed by atoms with van der Waals surface area (Å²) in [5, 5.41) is 13.7. The lowest BCUT2D eigenvalue weighted by atomic mass is 10.2. The Balaban J connectivity index is 2.62. The number of carbonyl (C=O) groups excluding carboxylic acids is 1. The minimum Gasteiger partial charge on any atom is -0.466 e. The van der Waals surface area contributed by atoms with Gasteiger partial charge in [-0.25, -0.2) is 0 Å². The van der Waals surface area contributed by atoms with Crippen LogP contribution in [0.5, 0.6) is 0 Å². The number of carbonyl (C=O) groups is 1. The quantitative estimate of drug-likeness (QED) is 0.363. The summed E-state index contributed by atoms with van der Waals surface area (Å²) in [7, 11) is 0. The van der Waals surface area contributed by atoms with Crippen molar-refractivity contribution >= 4 is 39.9 Å². The first-order valence-corrected chi connectivity index (χ1v) is 6.46. The number of esters is 1. The number of hydrogen-bond donors (Lipinski definition) is 1. The maximum Gasteiger partial charge on any atom is 0.307 e. The minimum absolute atomic E-state index is 0.00533. The van der Waals surface area contributed by atoms with Gasteiger partial charge in [0.05, 0.1) is 18.0 Å². The van der Waals surface area contributed by atoms with Crippen LogP contribution in [0.1, 0.15) is 13.3 Å². The van der Waals surface area contributed by atoms with Crippen LogP contribution in [-0.2, 0) is 9.53 Å². The molecular formula is C11H13IN2O4. The highest BCUT2D eigenvalue weighted by Gasteiger charge is 2.14. The van der Waals surface area contributed by atoms with Crippen molar-refractivity contribution in [2.45, 2.75) is 13.3 Å². The van der Waals surface area contributed by atoms with Gasteiger partial charge in [0.1, 0.15) is 5.69 Å². The first kappa shape index (κ1) is 14.7. The number of hydrogen-bond acceptors (Lipinski definition) is 5. The smallest absolute Gasteiger partial charge is 0.307 e. The van der Waals surface area contributed by atoms with Crippen LogP contribution in [0, 0.1) is 13.7 Å². The predicted octanol–water partition coefficient (Wildman–Crippen LogP) is 2.56. The Morgan fingerprint density at radius 2 is 2.28 bits per heavy atom. The van der Waals surface area contributed by atoms with Crippen molar-refractivity contribution in [2.75, 3.05) is 18.5 Å². The molecule has 7 heteroatoms. The summed E-state index contributed by atoms with van der Waals surface area (Å²) >= 11 is 2.01. The van der Waals surface area contributed by atoms with Crippen LogP contribution in [0.3, 0.4) is 0 Å². The number of rotatable bonds is 6. The van der Waals surface area contributed by atoms with Crippen molar-refractivity contribution in [3.63, 3.8) is 0 Å². The second kappa shape index (κ2) is 7.14. The van der Waals surface area contributed by atoms with Gasteiger partial charge in [-0.3, -0.25) is 14.9 Å². The zero-order valence-electron chi connectivity index (χ0n) is 9.81. The van der Waals surface area contributed by atoms with Crippen molar-refractivity contribution in [1.82, 2.24) is 0 Å². The molecular weight excluding hydrogens is 351 g/mol. The average Bonchev–Trinajstić information content (AvgIpc) is 2.31. The lowest BCUT2D eigenvalue weighted by Gasteiger charge is -2.07. The van der Waals surface area contributed by atoms with Crippen molar-refractivity contribution in [3.05, 3.63) is 31.9 Å². The number of anilines is 1. The highest BCUT2D eigenvalue weighted by Crippen LogP contribution is 2.26. The van der Waals surface area contributed by atoms with E-state index in [4.69, 9.17) is 4.74 Å². The molecule has 0 radical (unpaired) electrons. The number of benzene rings is 1. The summed E-state index contributed by atoms with van der Waals surface area (Å²) in [6.45, 7) is 2.37. The lowest BCUT2D eigenvalue weighted by molar-refractivity contribution is -0.384. The van der Waals surface area contributed by atoms with Gasteiger partial charge in [0.2, 0.25) is 0 Å². The van der Waals surface area contributed by atoms with Gasteiger partial charge in [-0.2, -0.15) is 0 Å². The Morgan fingerprint density at radius 3 is 2.89 bits per heavy atom. The van der Waals surface area contributed by atoms with Crippen LogP contribution in [0.25, 0.3) is 0 Å². The van der Waals surface area contributed by atoms with Crippen molar-refractivity contribution < 1.29 is 14.5 Å². The molecule has 0 heterocycles. The van der Waals surface area contributed by atoms with Crippen LogP contribution in [-0.4, -0.2) is 24.0 Å². The molecule has 0 fully saturated rings. The van der Waals surface area contributed by atoms with Crippen molar-refractivity contribution in [3.8, 4) is 0 Å². The monoisotopic (exact) mass is 364 g/mol. The van der Waals surface area contributed by atoms with Crippen LogP contribution < -0.4 is 5.32 Å². The molecule has 0 spiro atoms. The van der Waals surface area contributed by atoms with Crippen molar-refractivity contribution in [2.24, 2.45) is 0 Å². The summed E-state index contributed by atoms with van der Waals surface area (Å²) in [6.07, 6.45) is 0.178. The minimum atomic E-state index is -0.450. The highest BCUT2D eigenvalue weighted by molar-refractivity contribution is 14.1. The Labute approximate surface area is 118 Å². The Morgan fingerprint density at radius 1 is 1.56 bits per heavy atom. The molecule has 0 saturated heterocycles. The van der Waals surface area contributed by atoms with E-state index in [0.717, 1.165) is 3.57 Å². The summed E-state index contributed by atoms with van der Waals surface area (Å²) in [5.74, 6) is -0.321. The van der Waals surface area contributed by atoms with Crippen LogP contribution in [0.4, 0.5) is 11.4 Å². The Hall–Kier alpha value is -1.38. The number of ether oxygens (including phenoxy) is 1. The second-order valence-electron chi connectivity index (χ2n) is 3.40. The topological polar surface area (TPSA) is 81.5 Å². The molecule has 18 heavy (non-hydrogen) atoms. The van der Waals surface area contributed by atoms with Gasteiger partial charge in [-0.15, -0.1) is 0 Å². The van der Waals surface area contributed by atoms with E-state index < -0.39 is 4.92 Å². The van der Waals surface area contributed by atoms with Gasteiger partial charge in [0.15, 0.2) is 0 Å². The molecule has 1 rings (SSSR count). The summed E-state index contributed by atoms with van der Waals surface area (Å²) < 4.78 is 5.55. The van der Waals surface area contributed by atoms with E-state index in [1.54, 1.807) is 19.1 Å². The third-order valence-electron chi connectivity index (χ3n) is 2.11. The maximum atomic E-state index is 11.1. The van der Waals surface area contributed by atoms with E-state index in [1.807, 2.05) is 22.6 Å². The van der Waals surface area contributed by atoms with Gasteiger partial charge in [-0.1, -0.05) is 0 Å². The van der Waals surface area contributed by atoms with Gasteiger partial charge in [0.25, 0.3) is 5.69 Å².